The van der Waals surface area contributed by atoms with Gasteiger partial charge < -0.3 is 25.4 Å². The van der Waals surface area contributed by atoms with Crippen LogP contribution in [0.25, 0.3) is 11.3 Å². The van der Waals surface area contributed by atoms with Crippen molar-refractivity contribution in [2.24, 2.45) is 10.7 Å². The number of methoxy groups -OCH3 is 1. The van der Waals surface area contributed by atoms with Crippen LogP contribution in [-0.4, -0.2) is 35.3 Å². The average molecular weight is 472 g/mol. The van der Waals surface area contributed by atoms with Gasteiger partial charge in [0.05, 0.1) is 17.8 Å². The molecular formula is C22H22ClN5O5. The second-order valence-corrected chi connectivity index (χ2v) is 7.45. The zero-order chi connectivity index (χ0) is 24.1. The van der Waals surface area contributed by atoms with Gasteiger partial charge in [0.25, 0.3) is 5.91 Å². The molecule has 0 saturated heterocycles. The predicted octanol–water partition coefficient (Wildman–Crippen LogP) is 3.96. The molecule has 0 radical (unpaired) electrons. The van der Waals surface area contributed by atoms with E-state index < -0.39 is 12.0 Å². The van der Waals surface area contributed by atoms with Crippen LogP contribution in [0.4, 0.5) is 10.5 Å². The van der Waals surface area contributed by atoms with Crippen molar-refractivity contribution >= 4 is 35.2 Å². The van der Waals surface area contributed by atoms with Gasteiger partial charge >= 0.3 is 6.09 Å². The van der Waals surface area contributed by atoms with E-state index in [2.05, 4.69) is 20.8 Å². The van der Waals surface area contributed by atoms with E-state index in [9.17, 15) is 9.59 Å². The maximum atomic E-state index is 12.8. The maximum Gasteiger partial charge on any atom is 0.409 e. The third kappa shape index (κ3) is 5.60. The number of carboxylic acid groups (broad SMARTS) is 1. The van der Waals surface area contributed by atoms with Gasteiger partial charge in [-0.2, -0.15) is 4.99 Å². The Labute approximate surface area is 194 Å². The molecule has 0 aliphatic rings. The summed E-state index contributed by atoms with van der Waals surface area (Å²) in [6.07, 6.45) is -1.21. The second-order valence-electron chi connectivity index (χ2n) is 7.05. The van der Waals surface area contributed by atoms with E-state index in [1.807, 2.05) is 0 Å². The first-order valence-electron chi connectivity index (χ1n) is 9.71. The van der Waals surface area contributed by atoms with Crippen molar-refractivity contribution in [3.05, 3.63) is 63.9 Å². The van der Waals surface area contributed by atoms with Crippen LogP contribution in [0.15, 0.2) is 45.9 Å². The van der Waals surface area contributed by atoms with Gasteiger partial charge in [-0.25, -0.2) is 4.79 Å². The predicted molar refractivity (Wildman–Crippen MR) is 124 cm³/mol. The van der Waals surface area contributed by atoms with Gasteiger partial charge in [0.2, 0.25) is 0 Å². The summed E-state index contributed by atoms with van der Waals surface area (Å²) >= 11 is 6.16. The van der Waals surface area contributed by atoms with Crippen LogP contribution in [0.5, 0.6) is 5.75 Å². The highest BCUT2D eigenvalue weighted by Gasteiger charge is 2.22. The molecule has 0 aliphatic heterocycles. The summed E-state index contributed by atoms with van der Waals surface area (Å²) in [7, 11) is 1.56. The average Bonchev–Trinajstić information content (AvgIpc) is 3.16. The Kier molecular flexibility index (Phi) is 7.19. The molecule has 2 aromatic carbocycles. The number of rotatable bonds is 6. The SMILES string of the molecule is COc1ccc(-c2noc(C)c2C(=O)/N=C(/N)NCc2cc(C)c(NC(=O)O)c(Cl)c2)cc1. The number of guanidine groups is 1. The van der Waals surface area contributed by atoms with Gasteiger partial charge in [-0.3, -0.25) is 10.1 Å². The summed E-state index contributed by atoms with van der Waals surface area (Å²) in [6.45, 7) is 3.55. The smallest absolute Gasteiger partial charge is 0.409 e. The lowest BCUT2D eigenvalue weighted by Crippen LogP contribution is -2.32. The number of nitrogens with one attached hydrogen (secondary N) is 2. The largest absolute Gasteiger partial charge is 0.497 e. The van der Waals surface area contributed by atoms with Crippen LogP contribution in [0.3, 0.4) is 0 Å². The molecule has 33 heavy (non-hydrogen) atoms. The molecule has 0 unspecified atom stereocenters. The topological polar surface area (TPSA) is 152 Å². The van der Waals surface area contributed by atoms with E-state index in [0.717, 1.165) is 5.56 Å². The number of hydrogen-bond acceptors (Lipinski definition) is 5. The minimum Gasteiger partial charge on any atom is -0.497 e. The highest BCUT2D eigenvalue weighted by atomic mass is 35.5. The summed E-state index contributed by atoms with van der Waals surface area (Å²) in [4.78, 5) is 27.6. The molecule has 1 heterocycles. The number of anilines is 1. The lowest BCUT2D eigenvalue weighted by atomic mass is 10.1. The third-order valence-electron chi connectivity index (χ3n) is 4.71. The molecule has 172 valence electrons. The number of amides is 2. The molecule has 0 atom stereocenters. The van der Waals surface area contributed by atoms with Crippen molar-refractivity contribution in [3.63, 3.8) is 0 Å². The molecule has 3 rings (SSSR count). The number of ether oxygens (including phenoxy) is 1. The minimum atomic E-state index is -1.21. The van der Waals surface area contributed by atoms with Gasteiger partial charge in [-0.15, -0.1) is 0 Å². The number of hydrogen-bond donors (Lipinski definition) is 4. The van der Waals surface area contributed by atoms with E-state index in [1.165, 1.54) is 0 Å². The minimum absolute atomic E-state index is 0.109. The molecule has 0 saturated carbocycles. The summed E-state index contributed by atoms with van der Waals surface area (Å²) in [5.74, 6) is 0.259. The number of benzene rings is 2. The number of carbonyl (C=O) groups is 2. The fourth-order valence-corrected chi connectivity index (χ4v) is 3.49. The lowest BCUT2D eigenvalue weighted by Gasteiger charge is -2.12. The standard InChI is InChI=1S/C22H22ClN5O5/c1-11-8-13(9-16(23)18(11)26-22(30)31)10-25-21(24)27-20(29)17-12(2)33-28-19(17)14-4-6-15(32-3)7-5-14/h4-9,26H,10H2,1-3H3,(H,30,31)(H3,24,25,27,29). The first-order chi connectivity index (χ1) is 15.7. The summed E-state index contributed by atoms with van der Waals surface area (Å²) < 4.78 is 10.4. The van der Waals surface area contributed by atoms with Gasteiger partial charge in [0, 0.05) is 12.1 Å². The van der Waals surface area contributed by atoms with Crippen molar-refractivity contribution in [1.82, 2.24) is 10.5 Å². The molecule has 0 fully saturated rings. The zero-order valence-electron chi connectivity index (χ0n) is 18.1. The molecular weight excluding hydrogens is 450 g/mol. The Morgan fingerprint density at radius 3 is 2.55 bits per heavy atom. The first-order valence-corrected chi connectivity index (χ1v) is 10.1. The Hall–Kier alpha value is -4.05. The number of aryl methyl sites for hydroxylation is 2. The van der Waals surface area contributed by atoms with E-state index >= 15 is 0 Å². The van der Waals surface area contributed by atoms with Gasteiger partial charge in [0.1, 0.15) is 22.8 Å². The highest BCUT2D eigenvalue weighted by molar-refractivity contribution is 6.33. The van der Waals surface area contributed by atoms with E-state index in [0.29, 0.717) is 34.0 Å². The summed E-state index contributed by atoms with van der Waals surface area (Å²) in [5.41, 5.74) is 8.78. The Morgan fingerprint density at radius 1 is 1.24 bits per heavy atom. The van der Waals surface area contributed by atoms with Crippen molar-refractivity contribution in [2.45, 2.75) is 20.4 Å². The van der Waals surface area contributed by atoms with Gasteiger partial charge in [-0.1, -0.05) is 22.8 Å². The lowest BCUT2D eigenvalue weighted by molar-refractivity contribution is 0.100. The number of halogens is 1. The quantitative estimate of drug-likeness (QED) is 0.311. The number of nitrogens with zero attached hydrogens (tertiary/aromatic N) is 2. The molecule has 10 nitrogen and oxygen atoms in total. The van der Waals surface area contributed by atoms with Crippen molar-refractivity contribution < 1.29 is 24.0 Å². The molecule has 5 N–H and O–H groups in total. The van der Waals surface area contributed by atoms with Crippen LogP contribution >= 0.6 is 11.6 Å². The monoisotopic (exact) mass is 471 g/mol. The van der Waals surface area contributed by atoms with Crippen molar-refractivity contribution in [2.75, 3.05) is 12.4 Å². The number of carbonyl (C=O) groups excluding carboxylic acids is 1. The molecule has 0 aliphatic carbocycles. The summed E-state index contributed by atoms with van der Waals surface area (Å²) in [5, 5.41) is 18.2. The van der Waals surface area contributed by atoms with E-state index in [1.54, 1.807) is 57.4 Å². The fraction of sp³-hybridized carbons (Fsp3) is 0.182. The molecule has 1 aromatic heterocycles. The van der Waals surface area contributed by atoms with Crippen molar-refractivity contribution in [3.8, 4) is 17.0 Å². The Bertz CT molecular complexity index is 1200. The normalized spacial score (nSPS) is 11.2. The van der Waals surface area contributed by atoms with Crippen LogP contribution in [0.1, 0.15) is 27.2 Å². The third-order valence-corrected chi connectivity index (χ3v) is 5.01. The van der Waals surface area contributed by atoms with Crippen LogP contribution in [0.2, 0.25) is 5.02 Å². The second kappa shape index (κ2) is 10.0. The van der Waals surface area contributed by atoms with Crippen molar-refractivity contribution in [1.29, 1.82) is 0 Å². The molecule has 0 spiro atoms. The molecule has 3 aromatic rings. The van der Waals surface area contributed by atoms with Crippen LogP contribution in [0, 0.1) is 13.8 Å². The molecule has 11 heteroatoms. The van der Waals surface area contributed by atoms with Gasteiger partial charge in [-0.05, 0) is 55.3 Å². The number of nitrogens with two attached hydrogens (primary N) is 1. The number of aliphatic imine (C=N–C) groups is 1. The van der Waals surface area contributed by atoms with Crippen LogP contribution < -0.4 is 21.1 Å². The zero-order valence-corrected chi connectivity index (χ0v) is 18.9. The van der Waals surface area contributed by atoms with Crippen LogP contribution in [-0.2, 0) is 6.54 Å². The molecule has 0 bridgehead atoms. The summed E-state index contributed by atoms with van der Waals surface area (Å²) in [6, 6.07) is 10.3. The maximum absolute atomic E-state index is 12.8. The highest BCUT2D eigenvalue weighted by Crippen LogP contribution is 2.28. The Morgan fingerprint density at radius 2 is 1.94 bits per heavy atom. The van der Waals surface area contributed by atoms with E-state index in [4.69, 9.17) is 31.7 Å². The first kappa shape index (κ1) is 23.6. The number of aromatic nitrogens is 1. The van der Waals surface area contributed by atoms with E-state index in [-0.39, 0.29) is 23.1 Å². The molecule has 2 amide bonds. The Balaban J connectivity index is 1.75. The fourth-order valence-electron chi connectivity index (χ4n) is 3.15. The van der Waals surface area contributed by atoms with Gasteiger partial charge in [0.15, 0.2) is 5.96 Å².